The number of primary sulfonamides is 1. The second-order valence-electron chi connectivity index (χ2n) is 3.70. The number of rotatable bonds is 6. The Kier molecular flexibility index (Phi) is 5.70. The molecule has 1 aromatic heterocycles. The van der Waals surface area contributed by atoms with Crippen molar-refractivity contribution in [2.45, 2.75) is 6.92 Å². The lowest BCUT2D eigenvalue weighted by Gasteiger charge is -2.10. The number of sulfonamides is 1. The Morgan fingerprint density at radius 1 is 1.53 bits per heavy atom. The van der Waals surface area contributed by atoms with E-state index >= 15 is 0 Å². The number of hydrogen-bond acceptors (Lipinski definition) is 5. The van der Waals surface area contributed by atoms with Crippen LogP contribution in [0.4, 0.5) is 5.82 Å². The van der Waals surface area contributed by atoms with Crippen molar-refractivity contribution in [1.82, 2.24) is 10.3 Å². The van der Waals surface area contributed by atoms with Crippen molar-refractivity contribution < 1.29 is 13.2 Å². The number of pyridine rings is 1. The molecule has 1 heterocycles. The summed E-state index contributed by atoms with van der Waals surface area (Å²) in [6, 6.07) is 1.61. The molecule has 0 aliphatic heterocycles. The van der Waals surface area contributed by atoms with Crippen molar-refractivity contribution in [2.24, 2.45) is 5.14 Å². The van der Waals surface area contributed by atoms with E-state index in [4.69, 9.17) is 5.14 Å². The summed E-state index contributed by atoms with van der Waals surface area (Å²) in [6.07, 6.45) is 1.57. The van der Waals surface area contributed by atoms with Gasteiger partial charge in [-0.1, -0.05) is 0 Å². The monoisotopic (exact) mass is 350 g/mol. The number of nitrogens with zero attached hydrogens (tertiary/aromatic N) is 1. The molecule has 1 amide bonds. The molecule has 0 aliphatic carbocycles. The van der Waals surface area contributed by atoms with Gasteiger partial charge in [-0.3, -0.25) is 4.79 Å². The Morgan fingerprint density at radius 3 is 2.79 bits per heavy atom. The minimum absolute atomic E-state index is 0.0459. The Morgan fingerprint density at radius 2 is 2.21 bits per heavy atom. The predicted octanol–water partition coefficient (Wildman–Crippen LogP) is 0.294. The summed E-state index contributed by atoms with van der Waals surface area (Å²) in [7, 11) is -3.59. The highest BCUT2D eigenvalue weighted by atomic mass is 79.9. The molecule has 0 unspecified atom stereocenters. The van der Waals surface area contributed by atoms with E-state index in [-0.39, 0.29) is 12.3 Å². The van der Waals surface area contributed by atoms with E-state index in [0.717, 1.165) is 0 Å². The van der Waals surface area contributed by atoms with Crippen LogP contribution >= 0.6 is 15.9 Å². The average Bonchev–Trinajstić information content (AvgIpc) is 2.30. The van der Waals surface area contributed by atoms with E-state index in [1.807, 2.05) is 6.92 Å². The maximum Gasteiger partial charge on any atom is 0.255 e. The number of amides is 1. The molecule has 7 nitrogen and oxygen atoms in total. The molecule has 1 rings (SSSR count). The van der Waals surface area contributed by atoms with Crippen LogP contribution in [-0.2, 0) is 10.0 Å². The second-order valence-corrected chi connectivity index (χ2v) is 6.35. The van der Waals surface area contributed by atoms with E-state index in [1.54, 1.807) is 12.3 Å². The Hall–Kier alpha value is -1.19. The standard InChI is InChI=1S/C10H15BrN4O3S/c1-2-13-9-8(5-7(11)6-15-9)10(16)14-3-4-19(12,17)18/h5-6H,2-4H2,1H3,(H,13,15)(H,14,16)(H2,12,17,18). The van der Waals surface area contributed by atoms with Crippen LogP contribution in [0.3, 0.4) is 0 Å². The predicted molar refractivity (Wildman–Crippen MR) is 76.4 cm³/mol. The SMILES string of the molecule is CCNc1ncc(Br)cc1C(=O)NCCS(N)(=O)=O. The molecular formula is C10H15BrN4O3S. The topological polar surface area (TPSA) is 114 Å². The molecule has 0 atom stereocenters. The highest BCUT2D eigenvalue weighted by Crippen LogP contribution is 2.17. The molecule has 106 valence electrons. The number of halogens is 1. The molecule has 0 bridgehead atoms. The highest BCUT2D eigenvalue weighted by molar-refractivity contribution is 9.10. The fourth-order valence-electron chi connectivity index (χ4n) is 1.32. The third-order valence-corrected chi connectivity index (χ3v) is 3.32. The summed E-state index contributed by atoms with van der Waals surface area (Å²) in [5.41, 5.74) is 0.339. The van der Waals surface area contributed by atoms with Crippen molar-refractivity contribution in [2.75, 3.05) is 24.2 Å². The first kappa shape index (κ1) is 15.9. The van der Waals surface area contributed by atoms with Crippen LogP contribution < -0.4 is 15.8 Å². The summed E-state index contributed by atoms with van der Waals surface area (Å²) >= 11 is 3.23. The van der Waals surface area contributed by atoms with Gasteiger partial charge in [-0.15, -0.1) is 0 Å². The third kappa shape index (κ3) is 5.53. The van der Waals surface area contributed by atoms with Crippen LogP contribution in [0, 0.1) is 0 Å². The van der Waals surface area contributed by atoms with Gasteiger partial charge in [0.15, 0.2) is 0 Å². The summed E-state index contributed by atoms with van der Waals surface area (Å²) in [5.74, 6) is -0.274. The Labute approximate surface area is 120 Å². The van der Waals surface area contributed by atoms with Crippen molar-refractivity contribution in [3.8, 4) is 0 Å². The second kappa shape index (κ2) is 6.83. The largest absolute Gasteiger partial charge is 0.370 e. The average molecular weight is 351 g/mol. The van der Waals surface area contributed by atoms with Gasteiger partial charge in [-0.2, -0.15) is 0 Å². The zero-order valence-electron chi connectivity index (χ0n) is 10.3. The van der Waals surface area contributed by atoms with Crippen LogP contribution in [0.25, 0.3) is 0 Å². The van der Waals surface area contributed by atoms with Crippen molar-refractivity contribution in [3.05, 3.63) is 22.3 Å². The van der Waals surface area contributed by atoms with Gasteiger partial charge in [0.25, 0.3) is 5.91 Å². The molecule has 4 N–H and O–H groups in total. The van der Waals surface area contributed by atoms with Crippen LogP contribution in [0.15, 0.2) is 16.7 Å². The molecule has 0 aliphatic rings. The Balaban J connectivity index is 2.78. The summed E-state index contributed by atoms with van der Waals surface area (Å²) in [4.78, 5) is 16.0. The van der Waals surface area contributed by atoms with Crippen molar-refractivity contribution in [1.29, 1.82) is 0 Å². The number of nitrogens with two attached hydrogens (primary N) is 1. The van der Waals surface area contributed by atoms with E-state index in [0.29, 0.717) is 22.4 Å². The molecule has 0 aromatic carbocycles. The first-order valence-electron chi connectivity index (χ1n) is 5.51. The Bertz CT molecular complexity index is 562. The zero-order valence-corrected chi connectivity index (χ0v) is 12.7. The van der Waals surface area contributed by atoms with Gasteiger partial charge in [-0.25, -0.2) is 18.5 Å². The molecule has 0 saturated heterocycles. The van der Waals surface area contributed by atoms with Gasteiger partial charge in [-0.05, 0) is 28.9 Å². The lowest BCUT2D eigenvalue weighted by atomic mass is 10.2. The molecular weight excluding hydrogens is 336 g/mol. The normalized spacial score (nSPS) is 11.1. The van der Waals surface area contributed by atoms with Gasteiger partial charge >= 0.3 is 0 Å². The molecule has 0 spiro atoms. The third-order valence-electron chi connectivity index (χ3n) is 2.12. The maximum atomic E-state index is 11.9. The number of anilines is 1. The molecule has 19 heavy (non-hydrogen) atoms. The first-order valence-corrected chi connectivity index (χ1v) is 8.02. The van der Waals surface area contributed by atoms with Crippen molar-refractivity contribution >= 4 is 37.7 Å². The van der Waals surface area contributed by atoms with E-state index in [1.165, 1.54) is 0 Å². The smallest absolute Gasteiger partial charge is 0.255 e. The first-order chi connectivity index (χ1) is 8.83. The van der Waals surface area contributed by atoms with Gasteiger partial charge in [0, 0.05) is 23.8 Å². The number of carbonyl (C=O) groups excluding carboxylic acids is 1. The quantitative estimate of drug-likeness (QED) is 0.682. The molecule has 0 fully saturated rings. The van der Waals surface area contributed by atoms with Crippen LogP contribution in [0.2, 0.25) is 0 Å². The summed E-state index contributed by atoms with van der Waals surface area (Å²) < 4.78 is 22.2. The number of carbonyl (C=O) groups is 1. The van der Waals surface area contributed by atoms with Gasteiger partial charge in [0.1, 0.15) is 5.82 Å². The maximum absolute atomic E-state index is 11.9. The van der Waals surface area contributed by atoms with Crippen LogP contribution in [-0.4, -0.2) is 38.2 Å². The minimum Gasteiger partial charge on any atom is -0.370 e. The lowest BCUT2D eigenvalue weighted by Crippen LogP contribution is -2.32. The van der Waals surface area contributed by atoms with Gasteiger partial charge in [0.2, 0.25) is 10.0 Å². The molecule has 0 radical (unpaired) electrons. The van der Waals surface area contributed by atoms with Crippen molar-refractivity contribution in [3.63, 3.8) is 0 Å². The van der Waals surface area contributed by atoms with E-state index in [2.05, 4.69) is 31.5 Å². The lowest BCUT2D eigenvalue weighted by molar-refractivity contribution is 0.0956. The summed E-state index contributed by atoms with van der Waals surface area (Å²) in [6.45, 7) is 2.45. The molecule has 9 heteroatoms. The van der Waals surface area contributed by atoms with Gasteiger partial charge < -0.3 is 10.6 Å². The van der Waals surface area contributed by atoms with E-state index in [9.17, 15) is 13.2 Å². The summed E-state index contributed by atoms with van der Waals surface area (Å²) in [5, 5.41) is 10.3. The molecule has 1 aromatic rings. The van der Waals surface area contributed by atoms with Crippen LogP contribution in [0.5, 0.6) is 0 Å². The number of aromatic nitrogens is 1. The molecule has 0 saturated carbocycles. The highest BCUT2D eigenvalue weighted by Gasteiger charge is 2.13. The zero-order chi connectivity index (χ0) is 14.5. The minimum atomic E-state index is -3.59. The number of hydrogen-bond donors (Lipinski definition) is 3. The van der Waals surface area contributed by atoms with Crippen LogP contribution in [0.1, 0.15) is 17.3 Å². The number of nitrogens with one attached hydrogen (secondary N) is 2. The van der Waals surface area contributed by atoms with Gasteiger partial charge in [0.05, 0.1) is 11.3 Å². The fourth-order valence-corrected chi connectivity index (χ4v) is 2.04. The fraction of sp³-hybridized carbons (Fsp3) is 0.400. The van der Waals surface area contributed by atoms with E-state index < -0.39 is 15.9 Å².